The lowest BCUT2D eigenvalue weighted by molar-refractivity contribution is -0.120. The van der Waals surface area contributed by atoms with Gasteiger partial charge in [0, 0.05) is 24.5 Å². The second-order valence-electron chi connectivity index (χ2n) is 5.38. The van der Waals surface area contributed by atoms with Crippen LogP contribution in [-0.4, -0.2) is 25.2 Å². The number of carbonyl (C=O) groups excluding carboxylic acids is 1. The molecule has 19 heavy (non-hydrogen) atoms. The molecule has 1 fully saturated rings. The fourth-order valence-electron chi connectivity index (χ4n) is 2.99. The van der Waals surface area contributed by atoms with E-state index < -0.39 is 0 Å². The van der Waals surface area contributed by atoms with Crippen molar-refractivity contribution >= 4 is 17.3 Å². The van der Waals surface area contributed by atoms with Crippen molar-refractivity contribution in [1.29, 1.82) is 0 Å². The van der Waals surface area contributed by atoms with Crippen molar-refractivity contribution in [2.24, 2.45) is 0 Å². The van der Waals surface area contributed by atoms with Crippen LogP contribution in [0.15, 0.2) is 18.2 Å². The van der Waals surface area contributed by atoms with Crippen LogP contribution in [0.4, 0.5) is 11.4 Å². The molecule has 2 aliphatic rings. The highest BCUT2D eigenvalue weighted by Crippen LogP contribution is 2.30. The number of nitrogens with zero attached hydrogens (tertiary/aromatic N) is 1. The Morgan fingerprint density at radius 3 is 3.11 bits per heavy atom. The Morgan fingerprint density at radius 1 is 1.42 bits per heavy atom. The van der Waals surface area contributed by atoms with Gasteiger partial charge in [-0.1, -0.05) is 0 Å². The largest absolute Gasteiger partial charge is 0.399 e. The summed E-state index contributed by atoms with van der Waals surface area (Å²) in [4.78, 5) is 14.3. The summed E-state index contributed by atoms with van der Waals surface area (Å²) < 4.78 is 5.55. The minimum absolute atomic E-state index is 0.117. The summed E-state index contributed by atoms with van der Waals surface area (Å²) in [5, 5.41) is 0. The maximum Gasteiger partial charge on any atom is 0.229 e. The molecule has 1 aromatic rings. The van der Waals surface area contributed by atoms with E-state index in [0.717, 1.165) is 50.2 Å². The fraction of sp³-hybridized carbons (Fsp3) is 0.533. The van der Waals surface area contributed by atoms with Crippen molar-refractivity contribution in [2.45, 2.75) is 38.2 Å². The van der Waals surface area contributed by atoms with Crippen LogP contribution in [0.1, 0.15) is 31.2 Å². The zero-order valence-electron chi connectivity index (χ0n) is 11.1. The standard InChI is InChI=1S/C15H20N2O2/c16-12-5-6-14-11(9-12)3-1-7-17(14)15(18)10-13-4-2-8-19-13/h5-6,9,13H,1-4,7-8,10,16H2. The van der Waals surface area contributed by atoms with Gasteiger partial charge in [0.05, 0.1) is 12.5 Å². The van der Waals surface area contributed by atoms with Gasteiger partial charge in [-0.2, -0.15) is 0 Å². The van der Waals surface area contributed by atoms with Crippen molar-refractivity contribution in [2.75, 3.05) is 23.8 Å². The first-order chi connectivity index (χ1) is 9.24. The lowest BCUT2D eigenvalue weighted by Crippen LogP contribution is -2.37. The Morgan fingerprint density at radius 2 is 2.32 bits per heavy atom. The van der Waals surface area contributed by atoms with Crippen LogP contribution in [0.3, 0.4) is 0 Å². The molecule has 1 saturated heterocycles. The van der Waals surface area contributed by atoms with Gasteiger partial charge in [0.2, 0.25) is 5.91 Å². The first-order valence-corrected chi connectivity index (χ1v) is 7.04. The second-order valence-corrected chi connectivity index (χ2v) is 5.38. The second kappa shape index (κ2) is 5.21. The molecule has 4 heteroatoms. The molecule has 1 atom stereocenters. The number of fused-ring (bicyclic) bond motifs is 1. The summed E-state index contributed by atoms with van der Waals surface area (Å²) in [5.74, 6) is 0.178. The Kier molecular flexibility index (Phi) is 3.42. The summed E-state index contributed by atoms with van der Waals surface area (Å²) in [7, 11) is 0. The first-order valence-electron chi connectivity index (χ1n) is 7.04. The van der Waals surface area contributed by atoms with Crippen LogP contribution in [0.5, 0.6) is 0 Å². The Bertz CT molecular complexity index is 481. The number of nitrogen functional groups attached to an aromatic ring is 1. The van der Waals surface area contributed by atoms with Gasteiger partial charge in [-0.15, -0.1) is 0 Å². The molecule has 0 bridgehead atoms. The highest BCUT2D eigenvalue weighted by Gasteiger charge is 2.26. The highest BCUT2D eigenvalue weighted by molar-refractivity contribution is 5.95. The van der Waals surface area contributed by atoms with E-state index in [-0.39, 0.29) is 12.0 Å². The summed E-state index contributed by atoms with van der Waals surface area (Å²) >= 11 is 0. The summed E-state index contributed by atoms with van der Waals surface area (Å²) in [6.07, 6.45) is 4.72. The van der Waals surface area contributed by atoms with Crippen molar-refractivity contribution < 1.29 is 9.53 Å². The number of ether oxygens (including phenoxy) is 1. The third-order valence-corrected chi connectivity index (χ3v) is 3.95. The molecule has 2 N–H and O–H groups in total. The van der Waals surface area contributed by atoms with Crippen LogP contribution in [0.2, 0.25) is 0 Å². The average Bonchev–Trinajstić information content (AvgIpc) is 2.90. The first kappa shape index (κ1) is 12.5. The van der Waals surface area contributed by atoms with Gasteiger partial charge >= 0.3 is 0 Å². The molecule has 0 radical (unpaired) electrons. The molecule has 1 aromatic carbocycles. The van der Waals surface area contributed by atoms with Crippen molar-refractivity contribution in [3.05, 3.63) is 23.8 Å². The molecule has 1 amide bonds. The smallest absolute Gasteiger partial charge is 0.229 e. The topological polar surface area (TPSA) is 55.6 Å². The number of rotatable bonds is 2. The third-order valence-electron chi connectivity index (χ3n) is 3.95. The molecule has 0 aliphatic carbocycles. The minimum Gasteiger partial charge on any atom is -0.399 e. The Labute approximate surface area is 113 Å². The van der Waals surface area contributed by atoms with Crippen molar-refractivity contribution in [3.63, 3.8) is 0 Å². The highest BCUT2D eigenvalue weighted by atomic mass is 16.5. The van der Waals surface area contributed by atoms with Crippen molar-refractivity contribution in [1.82, 2.24) is 0 Å². The maximum atomic E-state index is 12.4. The van der Waals surface area contributed by atoms with E-state index in [2.05, 4.69) is 0 Å². The molecule has 0 saturated carbocycles. The van der Waals surface area contributed by atoms with Gasteiger partial charge in [-0.25, -0.2) is 0 Å². The quantitative estimate of drug-likeness (QED) is 0.829. The molecular weight excluding hydrogens is 240 g/mol. The van der Waals surface area contributed by atoms with E-state index in [1.165, 1.54) is 5.56 Å². The van der Waals surface area contributed by atoms with Gasteiger partial charge < -0.3 is 15.4 Å². The number of aryl methyl sites for hydroxylation is 1. The molecule has 2 heterocycles. The number of hydrogen-bond acceptors (Lipinski definition) is 3. The van der Waals surface area contributed by atoms with Gasteiger partial charge in [-0.05, 0) is 49.4 Å². The van der Waals surface area contributed by atoms with E-state index in [4.69, 9.17) is 10.5 Å². The predicted molar refractivity (Wildman–Crippen MR) is 75.1 cm³/mol. The maximum absolute atomic E-state index is 12.4. The number of anilines is 2. The van der Waals surface area contributed by atoms with E-state index in [9.17, 15) is 4.79 Å². The molecular formula is C15H20N2O2. The Hall–Kier alpha value is -1.55. The van der Waals surface area contributed by atoms with E-state index in [1.54, 1.807) is 0 Å². The third kappa shape index (κ3) is 2.59. The lowest BCUT2D eigenvalue weighted by Gasteiger charge is -2.30. The van der Waals surface area contributed by atoms with Gasteiger partial charge in [0.1, 0.15) is 0 Å². The fourth-order valence-corrected chi connectivity index (χ4v) is 2.99. The van der Waals surface area contributed by atoms with Crippen LogP contribution < -0.4 is 10.6 Å². The van der Waals surface area contributed by atoms with Gasteiger partial charge in [0.15, 0.2) is 0 Å². The molecule has 0 aromatic heterocycles. The lowest BCUT2D eigenvalue weighted by atomic mass is 10.00. The van der Waals surface area contributed by atoms with Crippen LogP contribution in [0.25, 0.3) is 0 Å². The number of nitrogens with two attached hydrogens (primary N) is 1. The van der Waals surface area contributed by atoms with Crippen molar-refractivity contribution in [3.8, 4) is 0 Å². The molecule has 1 unspecified atom stereocenters. The monoisotopic (exact) mass is 260 g/mol. The van der Waals surface area contributed by atoms with Gasteiger partial charge in [0.25, 0.3) is 0 Å². The Balaban J connectivity index is 1.76. The van der Waals surface area contributed by atoms with E-state index >= 15 is 0 Å². The van der Waals surface area contributed by atoms with Crippen LogP contribution >= 0.6 is 0 Å². The molecule has 102 valence electrons. The van der Waals surface area contributed by atoms with E-state index in [1.807, 2.05) is 23.1 Å². The summed E-state index contributed by atoms with van der Waals surface area (Å²) in [6.45, 7) is 1.60. The number of carbonyl (C=O) groups is 1. The zero-order chi connectivity index (χ0) is 13.2. The van der Waals surface area contributed by atoms with Crippen LogP contribution in [0, 0.1) is 0 Å². The minimum atomic E-state index is 0.117. The zero-order valence-corrected chi connectivity index (χ0v) is 11.1. The van der Waals surface area contributed by atoms with Gasteiger partial charge in [-0.3, -0.25) is 4.79 Å². The normalized spacial score (nSPS) is 22.3. The predicted octanol–water partition coefficient (Wildman–Crippen LogP) is 2.12. The molecule has 2 aliphatic heterocycles. The molecule has 0 spiro atoms. The van der Waals surface area contributed by atoms with Crippen LogP contribution in [-0.2, 0) is 16.0 Å². The SMILES string of the molecule is Nc1ccc2c(c1)CCCN2C(=O)CC1CCCO1. The van der Waals surface area contributed by atoms with E-state index in [0.29, 0.717) is 6.42 Å². The molecule has 4 nitrogen and oxygen atoms in total. The summed E-state index contributed by atoms with van der Waals surface area (Å²) in [6, 6.07) is 5.83. The average molecular weight is 260 g/mol. The molecule has 3 rings (SSSR count). The number of hydrogen-bond donors (Lipinski definition) is 1. The number of benzene rings is 1. The summed E-state index contributed by atoms with van der Waals surface area (Å²) in [5.41, 5.74) is 8.80. The number of amides is 1.